The molecule has 2 aliphatic heterocycles. The molecule has 3 aliphatic rings. The van der Waals surface area contributed by atoms with Gasteiger partial charge in [-0.3, -0.25) is 4.79 Å². The highest BCUT2D eigenvalue weighted by molar-refractivity contribution is 5.88. The van der Waals surface area contributed by atoms with Gasteiger partial charge in [0.05, 0.1) is 6.10 Å². The lowest BCUT2D eigenvalue weighted by atomic mass is 9.86. The Kier molecular flexibility index (Phi) is 5.64. The standard InChI is InChI=1S/C18H31N3O3/c1-13-5-7-14(8-6-13)21(12-15-4-3-11-24-15)18(23)19-16-9-10-20(2)17(16)22/h13-16H,3-12H2,1-2H3,(H,19,23)/t13?,14?,15-,16-/m1/s1. The van der Waals surface area contributed by atoms with Crippen LogP contribution in [0.2, 0.25) is 0 Å². The number of amides is 3. The fourth-order valence-electron chi connectivity index (χ4n) is 4.15. The minimum absolute atomic E-state index is 0.0256. The highest BCUT2D eigenvalue weighted by Crippen LogP contribution is 2.28. The van der Waals surface area contributed by atoms with Gasteiger partial charge in [0.1, 0.15) is 6.04 Å². The lowest BCUT2D eigenvalue weighted by molar-refractivity contribution is -0.128. The highest BCUT2D eigenvalue weighted by Gasteiger charge is 2.35. The molecule has 1 aliphatic carbocycles. The van der Waals surface area contributed by atoms with Crippen LogP contribution < -0.4 is 5.32 Å². The average molecular weight is 337 g/mol. The Bertz CT molecular complexity index is 456. The van der Waals surface area contributed by atoms with Crippen LogP contribution in [0.15, 0.2) is 0 Å². The fraction of sp³-hybridized carbons (Fsp3) is 0.889. The molecule has 2 heterocycles. The number of likely N-dealkylation sites (tertiary alicyclic amines) is 1. The molecular formula is C18H31N3O3. The van der Waals surface area contributed by atoms with Crippen LogP contribution in [0.25, 0.3) is 0 Å². The Labute approximate surface area is 144 Å². The molecule has 3 amide bonds. The summed E-state index contributed by atoms with van der Waals surface area (Å²) in [5.74, 6) is 0.775. The fourth-order valence-corrected chi connectivity index (χ4v) is 4.15. The summed E-state index contributed by atoms with van der Waals surface area (Å²) in [4.78, 5) is 28.7. The van der Waals surface area contributed by atoms with Crippen molar-refractivity contribution in [3.63, 3.8) is 0 Å². The molecule has 0 aromatic carbocycles. The van der Waals surface area contributed by atoms with Crippen molar-refractivity contribution < 1.29 is 14.3 Å². The number of hydrogen-bond donors (Lipinski definition) is 1. The summed E-state index contributed by atoms with van der Waals surface area (Å²) in [5.41, 5.74) is 0. The van der Waals surface area contributed by atoms with Crippen LogP contribution in [-0.4, -0.2) is 66.7 Å². The smallest absolute Gasteiger partial charge is 0.318 e. The largest absolute Gasteiger partial charge is 0.376 e. The van der Waals surface area contributed by atoms with Crippen LogP contribution in [0.5, 0.6) is 0 Å². The first-order valence-electron chi connectivity index (χ1n) is 9.48. The molecular weight excluding hydrogens is 306 g/mol. The normalized spacial score (nSPS) is 33.8. The van der Waals surface area contributed by atoms with Crippen molar-refractivity contribution in [3.05, 3.63) is 0 Å². The second-order valence-corrected chi connectivity index (χ2v) is 7.75. The third kappa shape index (κ3) is 4.02. The van der Waals surface area contributed by atoms with Crippen molar-refractivity contribution in [2.45, 2.75) is 70.1 Å². The van der Waals surface area contributed by atoms with E-state index >= 15 is 0 Å². The number of likely N-dealkylation sites (N-methyl/N-ethyl adjacent to an activating group) is 1. The summed E-state index contributed by atoms with van der Waals surface area (Å²) in [7, 11) is 1.79. The lowest BCUT2D eigenvalue weighted by Gasteiger charge is -2.37. The van der Waals surface area contributed by atoms with Crippen molar-refractivity contribution in [1.29, 1.82) is 0 Å². The zero-order valence-electron chi connectivity index (χ0n) is 15.0. The molecule has 0 bridgehead atoms. The molecule has 6 nitrogen and oxygen atoms in total. The van der Waals surface area contributed by atoms with Crippen LogP contribution >= 0.6 is 0 Å². The van der Waals surface area contributed by atoms with E-state index in [1.807, 2.05) is 4.90 Å². The average Bonchev–Trinajstić information content (AvgIpc) is 3.19. The minimum Gasteiger partial charge on any atom is -0.376 e. The van der Waals surface area contributed by atoms with Gasteiger partial charge in [-0.05, 0) is 50.9 Å². The molecule has 24 heavy (non-hydrogen) atoms. The predicted octanol–water partition coefficient (Wildman–Crippen LogP) is 1.99. The van der Waals surface area contributed by atoms with Crippen molar-refractivity contribution in [1.82, 2.24) is 15.1 Å². The van der Waals surface area contributed by atoms with Crippen LogP contribution in [-0.2, 0) is 9.53 Å². The maximum absolute atomic E-state index is 12.9. The van der Waals surface area contributed by atoms with Crippen LogP contribution in [0, 0.1) is 5.92 Å². The van der Waals surface area contributed by atoms with Gasteiger partial charge < -0.3 is 19.9 Å². The Morgan fingerprint density at radius 1 is 1.25 bits per heavy atom. The number of urea groups is 1. The Balaban J connectivity index is 1.63. The summed E-state index contributed by atoms with van der Waals surface area (Å²) < 4.78 is 5.76. The summed E-state index contributed by atoms with van der Waals surface area (Å²) in [5, 5.41) is 2.98. The first-order chi connectivity index (χ1) is 11.5. The molecule has 3 rings (SSSR count). The number of nitrogens with one attached hydrogen (secondary N) is 1. The maximum Gasteiger partial charge on any atom is 0.318 e. The second kappa shape index (κ2) is 7.72. The molecule has 3 fully saturated rings. The molecule has 0 aromatic heterocycles. The van der Waals surface area contributed by atoms with E-state index in [0.717, 1.165) is 44.8 Å². The molecule has 2 saturated heterocycles. The summed E-state index contributed by atoms with van der Waals surface area (Å²) in [6, 6.07) is -0.171. The van der Waals surface area contributed by atoms with Crippen molar-refractivity contribution in [2.75, 3.05) is 26.7 Å². The zero-order chi connectivity index (χ0) is 17.1. The van der Waals surface area contributed by atoms with E-state index in [4.69, 9.17) is 4.74 Å². The maximum atomic E-state index is 12.9. The van der Waals surface area contributed by atoms with Crippen molar-refractivity contribution >= 4 is 11.9 Å². The van der Waals surface area contributed by atoms with Crippen molar-refractivity contribution in [3.8, 4) is 0 Å². The van der Waals surface area contributed by atoms with Crippen LogP contribution in [0.1, 0.15) is 51.9 Å². The Morgan fingerprint density at radius 3 is 2.58 bits per heavy atom. The monoisotopic (exact) mass is 337 g/mol. The molecule has 6 heteroatoms. The third-order valence-corrected chi connectivity index (χ3v) is 5.84. The first-order valence-corrected chi connectivity index (χ1v) is 9.48. The molecule has 1 N–H and O–H groups in total. The molecule has 0 unspecified atom stereocenters. The SMILES string of the molecule is CC1CCC(N(C[C@H]2CCCO2)C(=O)N[C@@H]2CCN(C)C2=O)CC1. The summed E-state index contributed by atoms with van der Waals surface area (Å²) in [6.07, 6.45) is 7.41. The lowest BCUT2D eigenvalue weighted by Crippen LogP contribution is -2.53. The number of ether oxygens (including phenoxy) is 1. The Morgan fingerprint density at radius 2 is 2.00 bits per heavy atom. The first kappa shape index (κ1) is 17.5. The van der Waals surface area contributed by atoms with E-state index in [9.17, 15) is 9.59 Å². The zero-order valence-corrected chi connectivity index (χ0v) is 15.0. The molecule has 0 radical (unpaired) electrons. The van der Waals surface area contributed by atoms with Crippen molar-refractivity contribution in [2.24, 2.45) is 5.92 Å². The van der Waals surface area contributed by atoms with Gasteiger partial charge in [-0.1, -0.05) is 6.92 Å². The van der Waals surface area contributed by atoms with E-state index in [0.29, 0.717) is 13.0 Å². The molecule has 2 atom stereocenters. The van der Waals surface area contributed by atoms with Gasteiger partial charge >= 0.3 is 6.03 Å². The van der Waals surface area contributed by atoms with Gasteiger partial charge in [0, 0.05) is 32.8 Å². The van der Waals surface area contributed by atoms with E-state index < -0.39 is 0 Å². The summed E-state index contributed by atoms with van der Waals surface area (Å²) in [6.45, 7) is 4.46. The van der Waals surface area contributed by atoms with Gasteiger partial charge in [-0.15, -0.1) is 0 Å². The van der Waals surface area contributed by atoms with E-state index in [1.165, 1.54) is 12.8 Å². The summed E-state index contributed by atoms with van der Waals surface area (Å²) >= 11 is 0. The molecule has 1 saturated carbocycles. The van der Waals surface area contributed by atoms with E-state index in [1.54, 1.807) is 11.9 Å². The van der Waals surface area contributed by atoms with Gasteiger partial charge in [0.25, 0.3) is 0 Å². The number of rotatable bonds is 4. The van der Waals surface area contributed by atoms with Gasteiger partial charge in [-0.25, -0.2) is 4.79 Å². The topological polar surface area (TPSA) is 61.9 Å². The van der Waals surface area contributed by atoms with Gasteiger partial charge in [-0.2, -0.15) is 0 Å². The van der Waals surface area contributed by atoms with Gasteiger partial charge in [0.2, 0.25) is 5.91 Å². The van der Waals surface area contributed by atoms with E-state index in [-0.39, 0.29) is 30.1 Å². The highest BCUT2D eigenvalue weighted by atomic mass is 16.5. The van der Waals surface area contributed by atoms with Crippen LogP contribution in [0.3, 0.4) is 0 Å². The number of carbonyl (C=O) groups is 2. The molecule has 136 valence electrons. The number of hydrogen-bond acceptors (Lipinski definition) is 3. The van der Waals surface area contributed by atoms with Crippen LogP contribution in [0.4, 0.5) is 4.79 Å². The second-order valence-electron chi connectivity index (χ2n) is 7.75. The quantitative estimate of drug-likeness (QED) is 0.853. The number of carbonyl (C=O) groups excluding carboxylic acids is 2. The predicted molar refractivity (Wildman–Crippen MR) is 91.7 cm³/mol. The minimum atomic E-state index is -0.364. The molecule has 0 spiro atoms. The van der Waals surface area contributed by atoms with Gasteiger partial charge in [0.15, 0.2) is 0 Å². The third-order valence-electron chi connectivity index (χ3n) is 5.84. The molecule has 0 aromatic rings. The Hall–Kier alpha value is -1.30. The van der Waals surface area contributed by atoms with E-state index in [2.05, 4.69) is 12.2 Å². The number of nitrogens with zero attached hydrogens (tertiary/aromatic N) is 2.